The third-order valence-corrected chi connectivity index (χ3v) is 5.28. The third-order valence-electron chi connectivity index (χ3n) is 5.28. The van der Waals surface area contributed by atoms with Gasteiger partial charge in [0, 0.05) is 48.3 Å². The molecular formula is C21H23N3O4. The summed E-state index contributed by atoms with van der Waals surface area (Å²) < 4.78 is 11.2. The van der Waals surface area contributed by atoms with E-state index in [4.69, 9.17) is 9.15 Å². The maximum Gasteiger partial charge on any atom is 0.336 e. The number of carbonyl (C=O) groups excluding carboxylic acids is 1. The molecule has 0 bridgehead atoms. The number of carbonyl (C=O) groups is 1. The van der Waals surface area contributed by atoms with Gasteiger partial charge in [0.25, 0.3) is 5.91 Å². The van der Waals surface area contributed by atoms with Crippen LogP contribution in [0, 0.1) is 6.92 Å². The van der Waals surface area contributed by atoms with Gasteiger partial charge in [-0.25, -0.2) is 4.79 Å². The molecule has 1 aromatic carbocycles. The molecule has 0 aliphatic carbocycles. The van der Waals surface area contributed by atoms with E-state index < -0.39 is 6.10 Å². The summed E-state index contributed by atoms with van der Waals surface area (Å²) >= 11 is 0. The Bertz CT molecular complexity index is 1100. The van der Waals surface area contributed by atoms with E-state index in [1.807, 2.05) is 19.9 Å². The van der Waals surface area contributed by atoms with E-state index in [0.717, 1.165) is 40.7 Å². The van der Waals surface area contributed by atoms with E-state index in [-0.39, 0.29) is 11.5 Å². The van der Waals surface area contributed by atoms with Crippen LogP contribution in [-0.2, 0) is 24.2 Å². The van der Waals surface area contributed by atoms with Crippen molar-refractivity contribution in [2.75, 3.05) is 6.54 Å². The number of rotatable bonds is 4. The number of amides is 1. The molecule has 146 valence electrons. The molecule has 1 aliphatic heterocycles. The molecule has 1 N–H and O–H groups in total. The first-order chi connectivity index (χ1) is 13.5. The summed E-state index contributed by atoms with van der Waals surface area (Å²) in [5.74, 6) is 0.428. The van der Waals surface area contributed by atoms with Gasteiger partial charge in [-0.1, -0.05) is 6.92 Å². The zero-order valence-electron chi connectivity index (χ0n) is 16.2. The van der Waals surface area contributed by atoms with Gasteiger partial charge in [0.2, 0.25) is 0 Å². The van der Waals surface area contributed by atoms with Crippen molar-refractivity contribution in [3.63, 3.8) is 0 Å². The fourth-order valence-electron chi connectivity index (χ4n) is 3.71. The van der Waals surface area contributed by atoms with Gasteiger partial charge in [-0.3, -0.25) is 9.89 Å². The van der Waals surface area contributed by atoms with Gasteiger partial charge in [0.15, 0.2) is 6.10 Å². The summed E-state index contributed by atoms with van der Waals surface area (Å²) in [4.78, 5) is 26.4. The van der Waals surface area contributed by atoms with Crippen molar-refractivity contribution in [1.82, 2.24) is 15.1 Å². The van der Waals surface area contributed by atoms with E-state index in [1.165, 1.54) is 6.07 Å². The molecule has 3 aromatic rings. The van der Waals surface area contributed by atoms with E-state index in [1.54, 1.807) is 24.0 Å². The molecule has 3 heterocycles. The van der Waals surface area contributed by atoms with Gasteiger partial charge in [-0.05, 0) is 38.0 Å². The molecule has 2 aromatic heterocycles. The molecular weight excluding hydrogens is 358 g/mol. The van der Waals surface area contributed by atoms with Gasteiger partial charge < -0.3 is 14.1 Å². The van der Waals surface area contributed by atoms with Crippen molar-refractivity contribution < 1.29 is 13.9 Å². The fraction of sp³-hybridized carbons (Fsp3) is 0.381. The quantitative estimate of drug-likeness (QED) is 0.702. The maximum absolute atomic E-state index is 12.9. The van der Waals surface area contributed by atoms with E-state index in [2.05, 4.69) is 10.2 Å². The van der Waals surface area contributed by atoms with Crippen molar-refractivity contribution in [3.8, 4) is 5.75 Å². The second-order valence-electron chi connectivity index (χ2n) is 7.15. The Morgan fingerprint density at radius 1 is 1.39 bits per heavy atom. The van der Waals surface area contributed by atoms with Crippen LogP contribution in [0.2, 0.25) is 0 Å². The second kappa shape index (κ2) is 7.14. The van der Waals surface area contributed by atoms with Crippen LogP contribution in [0.1, 0.15) is 36.4 Å². The smallest absolute Gasteiger partial charge is 0.336 e. The van der Waals surface area contributed by atoms with E-state index >= 15 is 0 Å². The Hall–Kier alpha value is -3.09. The lowest BCUT2D eigenvalue weighted by molar-refractivity contribution is -0.138. The molecule has 1 unspecified atom stereocenters. The number of aromatic amines is 1. The number of H-pyrrole nitrogens is 1. The summed E-state index contributed by atoms with van der Waals surface area (Å²) in [6.07, 6.45) is 0.827. The van der Waals surface area contributed by atoms with Crippen molar-refractivity contribution in [2.45, 2.75) is 46.3 Å². The normalized spacial score (nSPS) is 14.8. The molecule has 4 rings (SSSR count). The van der Waals surface area contributed by atoms with Crippen LogP contribution in [0.15, 0.2) is 33.5 Å². The van der Waals surface area contributed by atoms with Gasteiger partial charge in [-0.15, -0.1) is 0 Å². The zero-order chi connectivity index (χ0) is 19.8. The number of hydrogen-bond acceptors (Lipinski definition) is 5. The van der Waals surface area contributed by atoms with Gasteiger partial charge in [-0.2, -0.15) is 5.10 Å². The van der Waals surface area contributed by atoms with Crippen molar-refractivity contribution in [1.29, 1.82) is 0 Å². The number of aromatic nitrogens is 2. The van der Waals surface area contributed by atoms with E-state index in [9.17, 15) is 9.59 Å². The highest BCUT2D eigenvalue weighted by Crippen LogP contribution is 2.25. The number of nitrogens with zero attached hydrogens (tertiary/aromatic N) is 2. The highest BCUT2D eigenvalue weighted by atomic mass is 16.5. The lowest BCUT2D eigenvalue weighted by atomic mass is 10.1. The minimum absolute atomic E-state index is 0.0740. The fourth-order valence-corrected chi connectivity index (χ4v) is 3.71. The van der Waals surface area contributed by atoms with Crippen LogP contribution in [0.25, 0.3) is 11.0 Å². The third kappa shape index (κ3) is 3.28. The number of fused-ring (bicyclic) bond motifs is 2. The first-order valence-corrected chi connectivity index (χ1v) is 9.51. The highest BCUT2D eigenvalue weighted by Gasteiger charge is 2.28. The molecule has 0 saturated heterocycles. The summed E-state index contributed by atoms with van der Waals surface area (Å²) in [6, 6.07) is 6.86. The van der Waals surface area contributed by atoms with Crippen LogP contribution in [-0.4, -0.2) is 33.7 Å². The van der Waals surface area contributed by atoms with Crippen molar-refractivity contribution in [2.24, 2.45) is 0 Å². The molecule has 0 saturated carbocycles. The number of benzene rings is 1. The summed E-state index contributed by atoms with van der Waals surface area (Å²) in [6.45, 7) is 6.86. The average Bonchev–Trinajstić information content (AvgIpc) is 3.06. The van der Waals surface area contributed by atoms with Crippen LogP contribution >= 0.6 is 0 Å². The average molecular weight is 381 g/mol. The van der Waals surface area contributed by atoms with Crippen molar-refractivity contribution >= 4 is 16.9 Å². The topological polar surface area (TPSA) is 88.4 Å². The van der Waals surface area contributed by atoms with E-state index in [0.29, 0.717) is 24.4 Å². The minimum Gasteiger partial charge on any atom is -0.481 e. The minimum atomic E-state index is -0.646. The standard InChI is InChI=1S/C21H23N3O4/c1-4-14-9-20(25)28-19-10-15(5-6-16(14)19)27-13(3)21(26)24-8-7-18-17(11-24)12(2)22-23-18/h5-6,9-10,13H,4,7-8,11H2,1-3H3,(H,22,23). The Balaban J connectivity index is 1.52. The number of ether oxygens (including phenoxy) is 1. The predicted molar refractivity (Wildman–Crippen MR) is 104 cm³/mol. The second-order valence-corrected chi connectivity index (χ2v) is 7.15. The molecule has 0 spiro atoms. The molecule has 1 atom stereocenters. The largest absolute Gasteiger partial charge is 0.481 e. The van der Waals surface area contributed by atoms with Gasteiger partial charge in [0.1, 0.15) is 11.3 Å². The summed E-state index contributed by atoms with van der Waals surface area (Å²) in [5, 5.41) is 8.15. The molecule has 28 heavy (non-hydrogen) atoms. The lowest BCUT2D eigenvalue weighted by Gasteiger charge is -2.29. The Morgan fingerprint density at radius 3 is 3.00 bits per heavy atom. The highest BCUT2D eigenvalue weighted by molar-refractivity contribution is 5.83. The Kier molecular flexibility index (Phi) is 4.66. The number of hydrogen-bond donors (Lipinski definition) is 1. The van der Waals surface area contributed by atoms with Gasteiger partial charge in [0.05, 0.1) is 5.69 Å². The number of aryl methyl sites for hydroxylation is 2. The molecule has 1 aliphatic rings. The van der Waals surface area contributed by atoms with Crippen LogP contribution in [0.4, 0.5) is 0 Å². The summed E-state index contributed by atoms with van der Waals surface area (Å²) in [7, 11) is 0. The molecule has 1 amide bonds. The molecule has 7 heteroatoms. The summed E-state index contributed by atoms with van der Waals surface area (Å²) in [5.41, 5.74) is 4.14. The molecule has 0 fully saturated rings. The lowest BCUT2D eigenvalue weighted by Crippen LogP contribution is -2.43. The Morgan fingerprint density at radius 2 is 2.21 bits per heavy atom. The first kappa shape index (κ1) is 18.3. The zero-order valence-corrected chi connectivity index (χ0v) is 16.2. The van der Waals surface area contributed by atoms with Crippen LogP contribution in [0.5, 0.6) is 5.75 Å². The maximum atomic E-state index is 12.9. The SMILES string of the molecule is CCc1cc(=O)oc2cc(OC(C)C(=O)N3CCc4n[nH]c(C)c4C3)ccc12. The van der Waals surface area contributed by atoms with Crippen LogP contribution in [0.3, 0.4) is 0 Å². The monoisotopic (exact) mass is 381 g/mol. The predicted octanol–water partition coefficient (Wildman–Crippen LogP) is 2.74. The Labute approximate surface area is 162 Å². The molecule has 7 nitrogen and oxygen atoms in total. The number of nitrogens with one attached hydrogen (secondary N) is 1. The van der Waals surface area contributed by atoms with Crippen LogP contribution < -0.4 is 10.4 Å². The first-order valence-electron chi connectivity index (χ1n) is 9.51. The van der Waals surface area contributed by atoms with Crippen molar-refractivity contribution in [3.05, 3.63) is 57.2 Å². The molecule has 0 radical (unpaired) electrons. The van der Waals surface area contributed by atoms with Gasteiger partial charge >= 0.3 is 5.63 Å².